The van der Waals surface area contributed by atoms with Crippen LogP contribution in [-0.4, -0.2) is 34.3 Å². The van der Waals surface area contributed by atoms with Gasteiger partial charge in [-0.3, -0.25) is 14.9 Å². The average molecular weight is 389 g/mol. The SMILES string of the molecule is C[C@H](OC(=O)c1ccc([N+](=O)[O-])cc1Cl)C(=O)N1CCc2ccccc2C1. The second-order valence-electron chi connectivity index (χ2n) is 6.25. The highest BCUT2D eigenvalue weighted by molar-refractivity contribution is 6.33. The summed E-state index contributed by atoms with van der Waals surface area (Å²) in [6.45, 7) is 2.52. The minimum atomic E-state index is -0.992. The maximum absolute atomic E-state index is 12.6. The zero-order chi connectivity index (χ0) is 19.6. The number of nitro benzene ring substituents is 1. The van der Waals surface area contributed by atoms with E-state index in [1.165, 1.54) is 18.6 Å². The fourth-order valence-corrected chi connectivity index (χ4v) is 3.25. The molecule has 27 heavy (non-hydrogen) atoms. The van der Waals surface area contributed by atoms with Crippen molar-refractivity contribution in [2.24, 2.45) is 0 Å². The maximum Gasteiger partial charge on any atom is 0.340 e. The Hall–Kier alpha value is -2.93. The summed E-state index contributed by atoms with van der Waals surface area (Å²) in [7, 11) is 0. The van der Waals surface area contributed by atoms with Gasteiger partial charge in [-0.2, -0.15) is 0 Å². The molecular formula is C19H17ClN2O5. The van der Waals surface area contributed by atoms with Crippen molar-refractivity contribution in [3.8, 4) is 0 Å². The Morgan fingerprint density at radius 1 is 1.22 bits per heavy atom. The zero-order valence-corrected chi connectivity index (χ0v) is 15.3. The lowest BCUT2D eigenvalue weighted by molar-refractivity contribution is -0.384. The van der Waals surface area contributed by atoms with E-state index in [2.05, 4.69) is 0 Å². The van der Waals surface area contributed by atoms with Gasteiger partial charge in [-0.15, -0.1) is 0 Å². The van der Waals surface area contributed by atoms with E-state index in [-0.39, 0.29) is 22.2 Å². The van der Waals surface area contributed by atoms with E-state index in [0.29, 0.717) is 13.1 Å². The minimum Gasteiger partial charge on any atom is -0.449 e. The van der Waals surface area contributed by atoms with Gasteiger partial charge in [-0.05, 0) is 30.5 Å². The van der Waals surface area contributed by atoms with E-state index >= 15 is 0 Å². The number of esters is 1. The molecule has 0 bridgehead atoms. The van der Waals surface area contributed by atoms with Crippen LogP contribution in [0.1, 0.15) is 28.4 Å². The summed E-state index contributed by atoms with van der Waals surface area (Å²) in [5.41, 5.74) is 2.04. The zero-order valence-electron chi connectivity index (χ0n) is 14.6. The van der Waals surface area contributed by atoms with Gasteiger partial charge in [-0.25, -0.2) is 4.79 Å². The molecular weight excluding hydrogens is 372 g/mol. The molecule has 0 aromatic heterocycles. The molecule has 1 aliphatic heterocycles. The van der Waals surface area contributed by atoms with Crippen LogP contribution in [-0.2, 0) is 22.5 Å². The van der Waals surface area contributed by atoms with E-state index < -0.39 is 17.0 Å². The average Bonchev–Trinajstić information content (AvgIpc) is 2.66. The van der Waals surface area contributed by atoms with Crippen molar-refractivity contribution in [1.29, 1.82) is 0 Å². The van der Waals surface area contributed by atoms with Gasteiger partial charge in [-0.1, -0.05) is 35.9 Å². The summed E-state index contributed by atoms with van der Waals surface area (Å²) in [6.07, 6.45) is -0.245. The minimum absolute atomic E-state index is 0.0223. The second kappa shape index (κ2) is 7.75. The van der Waals surface area contributed by atoms with Crippen LogP contribution in [0, 0.1) is 10.1 Å². The first-order chi connectivity index (χ1) is 12.9. The molecule has 0 unspecified atom stereocenters. The number of ether oxygens (including phenoxy) is 1. The lowest BCUT2D eigenvalue weighted by Gasteiger charge is -2.30. The number of benzene rings is 2. The highest BCUT2D eigenvalue weighted by Gasteiger charge is 2.28. The van der Waals surface area contributed by atoms with Crippen molar-refractivity contribution in [2.75, 3.05) is 6.54 Å². The van der Waals surface area contributed by atoms with Crippen molar-refractivity contribution in [3.05, 3.63) is 74.3 Å². The number of carbonyl (C=O) groups excluding carboxylic acids is 2. The lowest BCUT2D eigenvalue weighted by Crippen LogP contribution is -2.42. The molecule has 140 valence electrons. The largest absolute Gasteiger partial charge is 0.449 e. The summed E-state index contributed by atoms with van der Waals surface area (Å²) < 4.78 is 5.24. The lowest BCUT2D eigenvalue weighted by atomic mass is 9.99. The molecule has 0 saturated carbocycles. The molecule has 1 heterocycles. The second-order valence-corrected chi connectivity index (χ2v) is 6.65. The Balaban J connectivity index is 1.66. The Kier molecular flexibility index (Phi) is 5.41. The van der Waals surface area contributed by atoms with Crippen LogP contribution in [0.5, 0.6) is 0 Å². The van der Waals surface area contributed by atoms with Crippen LogP contribution in [0.2, 0.25) is 5.02 Å². The molecule has 7 nitrogen and oxygen atoms in total. The number of halogens is 1. The van der Waals surface area contributed by atoms with Crippen LogP contribution < -0.4 is 0 Å². The molecule has 8 heteroatoms. The molecule has 3 rings (SSSR count). The topological polar surface area (TPSA) is 89.7 Å². The quantitative estimate of drug-likeness (QED) is 0.455. The molecule has 1 amide bonds. The molecule has 0 aliphatic carbocycles. The van der Waals surface area contributed by atoms with Gasteiger partial charge in [0.2, 0.25) is 0 Å². The fraction of sp³-hybridized carbons (Fsp3) is 0.263. The third-order valence-corrected chi connectivity index (χ3v) is 4.77. The van der Waals surface area contributed by atoms with Crippen molar-refractivity contribution in [3.63, 3.8) is 0 Å². The number of non-ortho nitro benzene ring substituents is 1. The van der Waals surface area contributed by atoms with Crippen LogP contribution >= 0.6 is 11.6 Å². The molecule has 1 aliphatic rings. The summed E-state index contributed by atoms with van der Waals surface area (Å²) in [4.78, 5) is 36.7. The number of fused-ring (bicyclic) bond motifs is 1. The number of hydrogen-bond acceptors (Lipinski definition) is 5. The molecule has 2 aromatic carbocycles. The Morgan fingerprint density at radius 2 is 1.93 bits per heavy atom. The van der Waals surface area contributed by atoms with Crippen LogP contribution in [0.25, 0.3) is 0 Å². The molecule has 1 atom stereocenters. The first kappa shape index (κ1) is 18.8. The van der Waals surface area contributed by atoms with Gasteiger partial charge in [0, 0.05) is 25.2 Å². The summed E-state index contributed by atoms with van der Waals surface area (Å²) in [5.74, 6) is -1.09. The molecule has 2 aromatic rings. The summed E-state index contributed by atoms with van der Waals surface area (Å²) in [5, 5.41) is 10.6. The highest BCUT2D eigenvalue weighted by atomic mass is 35.5. The monoisotopic (exact) mass is 388 g/mol. The van der Waals surface area contributed by atoms with Gasteiger partial charge in [0.15, 0.2) is 6.10 Å². The standard InChI is InChI=1S/C19H17ClN2O5/c1-12(18(23)21-9-8-13-4-2-3-5-14(13)11-21)27-19(24)16-7-6-15(22(25)26)10-17(16)20/h2-7,10,12H,8-9,11H2,1H3/t12-/m0/s1. The number of rotatable bonds is 4. The fourth-order valence-electron chi connectivity index (χ4n) is 3.00. The number of amides is 1. The summed E-state index contributed by atoms with van der Waals surface area (Å²) >= 11 is 5.94. The van der Waals surface area contributed by atoms with Crippen molar-refractivity contribution in [2.45, 2.75) is 26.0 Å². The van der Waals surface area contributed by atoms with Crippen molar-refractivity contribution in [1.82, 2.24) is 4.90 Å². The normalized spacial score (nSPS) is 14.2. The van der Waals surface area contributed by atoms with E-state index in [0.717, 1.165) is 24.1 Å². The molecule has 0 fully saturated rings. The van der Waals surface area contributed by atoms with E-state index in [1.807, 2.05) is 24.3 Å². The first-order valence-corrected chi connectivity index (χ1v) is 8.75. The smallest absolute Gasteiger partial charge is 0.340 e. The highest BCUT2D eigenvalue weighted by Crippen LogP contribution is 2.24. The van der Waals surface area contributed by atoms with E-state index in [1.54, 1.807) is 4.90 Å². The first-order valence-electron chi connectivity index (χ1n) is 8.37. The van der Waals surface area contributed by atoms with Crippen LogP contribution in [0.4, 0.5) is 5.69 Å². The third-order valence-electron chi connectivity index (χ3n) is 4.46. The molecule has 0 spiro atoms. The van der Waals surface area contributed by atoms with Crippen molar-refractivity contribution < 1.29 is 19.2 Å². The van der Waals surface area contributed by atoms with Gasteiger partial charge in [0.25, 0.3) is 11.6 Å². The predicted molar refractivity (Wildman–Crippen MR) is 98.5 cm³/mol. The van der Waals surface area contributed by atoms with Gasteiger partial charge in [0.05, 0.1) is 15.5 Å². The Morgan fingerprint density at radius 3 is 2.59 bits per heavy atom. The van der Waals surface area contributed by atoms with E-state index in [4.69, 9.17) is 16.3 Å². The van der Waals surface area contributed by atoms with Crippen molar-refractivity contribution >= 4 is 29.2 Å². The predicted octanol–water partition coefficient (Wildman–Crippen LogP) is 3.38. The number of nitrogens with zero attached hydrogens (tertiary/aromatic N) is 2. The summed E-state index contributed by atoms with van der Waals surface area (Å²) in [6, 6.07) is 11.4. The Bertz CT molecular complexity index is 915. The van der Waals surface area contributed by atoms with Gasteiger partial charge in [0.1, 0.15) is 0 Å². The molecule has 0 saturated heterocycles. The number of hydrogen-bond donors (Lipinski definition) is 0. The number of carbonyl (C=O) groups is 2. The van der Waals surface area contributed by atoms with Gasteiger partial charge >= 0.3 is 5.97 Å². The number of nitro groups is 1. The Labute approximate surface area is 160 Å². The van der Waals surface area contributed by atoms with E-state index in [9.17, 15) is 19.7 Å². The third kappa shape index (κ3) is 4.09. The van der Waals surface area contributed by atoms with Gasteiger partial charge < -0.3 is 9.64 Å². The molecule has 0 N–H and O–H groups in total. The van der Waals surface area contributed by atoms with Crippen LogP contribution in [0.15, 0.2) is 42.5 Å². The maximum atomic E-state index is 12.6. The molecule has 0 radical (unpaired) electrons. The van der Waals surface area contributed by atoms with Crippen LogP contribution in [0.3, 0.4) is 0 Å².